The second kappa shape index (κ2) is 5.77. The summed E-state index contributed by atoms with van der Waals surface area (Å²) in [5.74, 6) is -2.54. The van der Waals surface area contributed by atoms with Crippen molar-refractivity contribution in [3.05, 3.63) is 47.7 Å². The molecule has 1 aromatic carbocycles. The van der Waals surface area contributed by atoms with Crippen molar-refractivity contribution >= 4 is 11.9 Å². The zero-order chi connectivity index (χ0) is 14.6. The van der Waals surface area contributed by atoms with Gasteiger partial charge >= 0.3 is 11.9 Å². The number of carbonyl (C=O) groups is 2. The van der Waals surface area contributed by atoms with E-state index < -0.39 is 17.7 Å². The van der Waals surface area contributed by atoms with Crippen molar-refractivity contribution in [3.63, 3.8) is 0 Å². The number of hydrogen-bond donors (Lipinski definition) is 1. The van der Waals surface area contributed by atoms with Gasteiger partial charge in [0.25, 0.3) is 5.79 Å². The summed E-state index contributed by atoms with van der Waals surface area (Å²) in [6.45, 7) is 3.64. The summed E-state index contributed by atoms with van der Waals surface area (Å²) in [4.78, 5) is 23.3. The van der Waals surface area contributed by atoms with Crippen LogP contribution in [-0.4, -0.2) is 24.3 Å². The van der Waals surface area contributed by atoms with Crippen LogP contribution in [0, 0.1) is 0 Å². The van der Waals surface area contributed by atoms with E-state index in [1.807, 2.05) is 30.3 Å². The third kappa shape index (κ3) is 3.60. The first-order chi connectivity index (χ1) is 9.48. The molecule has 1 N–H and O–H groups in total. The molecule has 0 unspecified atom stereocenters. The first-order valence-corrected chi connectivity index (χ1v) is 6.42. The fraction of sp³-hybridized carbons (Fsp3) is 0.333. The van der Waals surface area contributed by atoms with Crippen LogP contribution in [-0.2, 0) is 25.5 Å². The van der Waals surface area contributed by atoms with Gasteiger partial charge in [0, 0.05) is 26.6 Å². The molecule has 20 heavy (non-hydrogen) atoms. The first-order valence-electron chi connectivity index (χ1n) is 6.42. The van der Waals surface area contributed by atoms with Crippen molar-refractivity contribution in [2.24, 2.45) is 0 Å². The topological polar surface area (TPSA) is 64.6 Å². The summed E-state index contributed by atoms with van der Waals surface area (Å²) in [6.07, 6.45) is 2.14. The molecule has 0 spiro atoms. The Bertz CT molecular complexity index is 512. The number of ether oxygens (including phenoxy) is 2. The molecule has 0 bridgehead atoms. The van der Waals surface area contributed by atoms with E-state index in [-0.39, 0.29) is 5.57 Å². The minimum atomic E-state index is -1.20. The van der Waals surface area contributed by atoms with Gasteiger partial charge in [-0.05, 0) is 12.0 Å². The molecule has 0 amide bonds. The summed E-state index contributed by atoms with van der Waals surface area (Å²) < 4.78 is 9.96. The molecule has 2 rings (SSSR count). The van der Waals surface area contributed by atoms with Gasteiger partial charge in [-0.3, -0.25) is 0 Å². The predicted octanol–water partition coefficient (Wildman–Crippen LogP) is 1.54. The van der Waals surface area contributed by atoms with E-state index in [9.17, 15) is 9.59 Å². The lowest BCUT2D eigenvalue weighted by Crippen LogP contribution is -2.42. The molecule has 1 heterocycles. The third-order valence-electron chi connectivity index (χ3n) is 2.76. The fourth-order valence-corrected chi connectivity index (χ4v) is 1.81. The summed E-state index contributed by atoms with van der Waals surface area (Å²) >= 11 is 0. The molecular weight excluding hydrogens is 258 g/mol. The average Bonchev–Trinajstić information content (AvgIpc) is 2.37. The lowest BCUT2D eigenvalue weighted by atomic mass is 10.1. The Balaban J connectivity index is 1.88. The van der Waals surface area contributed by atoms with Crippen LogP contribution in [0.15, 0.2) is 42.1 Å². The van der Waals surface area contributed by atoms with E-state index in [1.165, 1.54) is 25.6 Å². The molecule has 1 fully saturated rings. The molecular formula is C15H17NO4. The molecule has 1 aromatic rings. The van der Waals surface area contributed by atoms with Crippen molar-refractivity contribution in [1.82, 2.24) is 5.32 Å². The normalized spacial score (nSPS) is 17.2. The van der Waals surface area contributed by atoms with Crippen LogP contribution < -0.4 is 5.32 Å². The van der Waals surface area contributed by atoms with Crippen LogP contribution in [0.5, 0.6) is 0 Å². The smallest absolute Gasteiger partial charge is 0.350 e. The Hall–Kier alpha value is -2.30. The van der Waals surface area contributed by atoms with Gasteiger partial charge in [-0.15, -0.1) is 0 Å². The maximum Gasteiger partial charge on any atom is 0.350 e. The lowest BCUT2D eigenvalue weighted by Gasteiger charge is -2.29. The van der Waals surface area contributed by atoms with E-state index in [2.05, 4.69) is 5.32 Å². The average molecular weight is 275 g/mol. The van der Waals surface area contributed by atoms with Crippen LogP contribution in [0.25, 0.3) is 0 Å². The summed E-state index contributed by atoms with van der Waals surface area (Å²) in [7, 11) is 0. The Morgan fingerprint density at radius 1 is 1.10 bits per heavy atom. The van der Waals surface area contributed by atoms with E-state index in [1.54, 1.807) is 0 Å². The van der Waals surface area contributed by atoms with E-state index in [0.717, 1.165) is 6.42 Å². The van der Waals surface area contributed by atoms with Gasteiger partial charge < -0.3 is 14.8 Å². The van der Waals surface area contributed by atoms with Gasteiger partial charge in [-0.2, -0.15) is 0 Å². The largest absolute Gasteiger partial charge is 0.419 e. The Morgan fingerprint density at radius 2 is 1.70 bits per heavy atom. The zero-order valence-corrected chi connectivity index (χ0v) is 11.5. The van der Waals surface area contributed by atoms with Gasteiger partial charge in [0.2, 0.25) is 0 Å². The quantitative estimate of drug-likeness (QED) is 0.391. The monoisotopic (exact) mass is 275 g/mol. The third-order valence-corrected chi connectivity index (χ3v) is 2.76. The standard InChI is InChI=1S/C15H17NO4/c1-15(2)19-13(17)12(14(18)20-15)10-16-9-8-11-6-4-3-5-7-11/h3-7,10,16H,8-9H2,1-2H3. The molecule has 1 aliphatic heterocycles. The van der Waals surface area contributed by atoms with Gasteiger partial charge in [0.15, 0.2) is 5.57 Å². The van der Waals surface area contributed by atoms with Gasteiger partial charge in [-0.25, -0.2) is 9.59 Å². The van der Waals surface area contributed by atoms with E-state index >= 15 is 0 Å². The summed E-state index contributed by atoms with van der Waals surface area (Å²) in [6, 6.07) is 9.91. The molecule has 0 radical (unpaired) electrons. The highest BCUT2D eigenvalue weighted by Crippen LogP contribution is 2.21. The second-order valence-corrected chi connectivity index (χ2v) is 4.93. The van der Waals surface area contributed by atoms with Crippen molar-refractivity contribution < 1.29 is 19.1 Å². The number of benzene rings is 1. The molecule has 5 nitrogen and oxygen atoms in total. The van der Waals surface area contributed by atoms with Crippen molar-refractivity contribution in [2.75, 3.05) is 6.54 Å². The van der Waals surface area contributed by atoms with Crippen molar-refractivity contribution in [1.29, 1.82) is 0 Å². The van der Waals surface area contributed by atoms with Crippen LogP contribution >= 0.6 is 0 Å². The highest BCUT2D eigenvalue weighted by Gasteiger charge is 2.38. The van der Waals surface area contributed by atoms with Gasteiger partial charge in [0.1, 0.15) is 0 Å². The second-order valence-electron chi connectivity index (χ2n) is 4.93. The highest BCUT2D eigenvalue weighted by atomic mass is 16.7. The molecule has 0 atom stereocenters. The molecule has 0 saturated carbocycles. The maximum atomic E-state index is 11.7. The zero-order valence-electron chi connectivity index (χ0n) is 11.5. The molecule has 0 aromatic heterocycles. The highest BCUT2D eigenvalue weighted by molar-refractivity contribution is 6.15. The Kier molecular flexibility index (Phi) is 4.08. The molecule has 1 aliphatic rings. The minimum absolute atomic E-state index is 0.114. The lowest BCUT2D eigenvalue weighted by molar-refractivity contribution is -0.222. The van der Waals surface area contributed by atoms with Crippen molar-refractivity contribution in [3.8, 4) is 0 Å². The minimum Gasteiger partial charge on any atom is -0.419 e. The van der Waals surface area contributed by atoms with E-state index in [0.29, 0.717) is 6.54 Å². The summed E-state index contributed by atoms with van der Waals surface area (Å²) in [5, 5.41) is 2.93. The van der Waals surface area contributed by atoms with Crippen LogP contribution in [0.1, 0.15) is 19.4 Å². The number of nitrogens with one attached hydrogen (secondary N) is 1. The van der Waals surface area contributed by atoms with E-state index in [4.69, 9.17) is 9.47 Å². The molecule has 0 aliphatic carbocycles. The predicted molar refractivity (Wildman–Crippen MR) is 72.5 cm³/mol. The number of cyclic esters (lactones) is 2. The fourth-order valence-electron chi connectivity index (χ4n) is 1.81. The number of esters is 2. The summed E-state index contributed by atoms with van der Waals surface area (Å²) in [5.41, 5.74) is 1.06. The molecule has 1 saturated heterocycles. The maximum absolute atomic E-state index is 11.7. The van der Waals surface area contributed by atoms with Crippen LogP contribution in [0.2, 0.25) is 0 Å². The number of hydrogen-bond acceptors (Lipinski definition) is 5. The SMILES string of the molecule is CC1(C)OC(=O)C(=CNCCc2ccccc2)C(=O)O1. The van der Waals surface area contributed by atoms with Crippen molar-refractivity contribution in [2.45, 2.75) is 26.1 Å². The Labute approximate surface area is 117 Å². The molecule has 5 heteroatoms. The Morgan fingerprint density at radius 3 is 2.30 bits per heavy atom. The van der Waals surface area contributed by atoms with Crippen LogP contribution in [0.4, 0.5) is 0 Å². The van der Waals surface area contributed by atoms with Gasteiger partial charge in [-0.1, -0.05) is 30.3 Å². The number of rotatable bonds is 4. The molecule has 106 valence electrons. The van der Waals surface area contributed by atoms with Crippen LogP contribution in [0.3, 0.4) is 0 Å². The van der Waals surface area contributed by atoms with Gasteiger partial charge in [0.05, 0.1) is 0 Å². The first kappa shape index (κ1) is 14.1. The number of carbonyl (C=O) groups excluding carboxylic acids is 2.